The third-order valence-electron chi connectivity index (χ3n) is 4.91. The van der Waals surface area contributed by atoms with Crippen LogP contribution >= 0.6 is 0 Å². The number of ether oxygens (including phenoxy) is 1. The van der Waals surface area contributed by atoms with Gasteiger partial charge in [0.05, 0.1) is 33.7 Å². The molecule has 1 unspecified atom stereocenters. The molecule has 0 fully saturated rings. The van der Waals surface area contributed by atoms with Crippen molar-refractivity contribution >= 4 is 43.9 Å². The largest absolute Gasteiger partial charge is 0.448 e. The normalized spacial score (nSPS) is 12.5. The molecule has 1 amide bonds. The van der Waals surface area contributed by atoms with Gasteiger partial charge in [-0.15, -0.1) is 4.36 Å². The third-order valence-corrected chi connectivity index (χ3v) is 6.54. The standard InChI is InChI=1S/C24H24N6O3S/c1-3-33-24(31)30-34(2,32)20-8-4-6-17(12-20)14-26-18-9-10-21-22(13-18)27-16-28-23(21)29-19-7-5-11-25-15-19/h4-13,15-16,26H,3,14H2,1-2H3,(H,27,28,29). The van der Waals surface area contributed by atoms with Gasteiger partial charge < -0.3 is 15.4 Å². The van der Waals surface area contributed by atoms with Crippen LogP contribution in [-0.4, -0.2) is 38.1 Å². The number of fused-ring (bicyclic) bond motifs is 1. The first kappa shape index (κ1) is 23.1. The van der Waals surface area contributed by atoms with Crippen molar-refractivity contribution in [2.75, 3.05) is 23.5 Å². The predicted molar refractivity (Wildman–Crippen MR) is 133 cm³/mol. The molecular formula is C24H24N6O3S. The molecular weight excluding hydrogens is 452 g/mol. The third kappa shape index (κ3) is 5.65. The highest BCUT2D eigenvalue weighted by Gasteiger charge is 2.11. The molecule has 0 aliphatic heterocycles. The van der Waals surface area contributed by atoms with Gasteiger partial charge in [0.15, 0.2) is 0 Å². The second-order valence-electron chi connectivity index (χ2n) is 7.41. The van der Waals surface area contributed by atoms with E-state index in [9.17, 15) is 9.00 Å². The van der Waals surface area contributed by atoms with Crippen molar-refractivity contribution in [2.45, 2.75) is 18.4 Å². The highest BCUT2D eigenvalue weighted by Crippen LogP contribution is 2.25. The van der Waals surface area contributed by atoms with Crippen LogP contribution in [-0.2, 0) is 21.0 Å². The first-order valence-corrected chi connectivity index (χ1v) is 12.5. The van der Waals surface area contributed by atoms with Crippen LogP contribution in [0.2, 0.25) is 0 Å². The minimum absolute atomic E-state index is 0.180. The zero-order valence-corrected chi connectivity index (χ0v) is 19.6. The van der Waals surface area contributed by atoms with E-state index < -0.39 is 15.8 Å². The van der Waals surface area contributed by atoms with Gasteiger partial charge in [-0.25, -0.2) is 19.0 Å². The van der Waals surface area contributed by atoms with Crippen molar-refractivity contribution in [3.63, 3.8) is 0 Å². The molecule has 10 heteroatoms. The van der Waals surface area contributed by atoms with Crippen molar-refractivity contribution in [1.29, 1.82) is 0 Å². The van der Waals surface area contributed by atoms with E-state index in [1.54, 1.807) is 37.5 Å². The SMILES string of the molecule is CCOC(=O)N=S(C)(=O)c1cccc(CNc2ccc3c(Nc4cccnc4)ncnc3c2)c1. The average Bonchev–Trinajstić information content (AvgIpc) is 2.83. The summed E-state index contributed by atoms with van der Waals surface area (Å²) >= 11 is 0. The van der Waals surface area contributed by atoms with Crippen LogP contribution in [0.1, 0.15) is 12.5 Å². The first-order chi connectivity index (χ1) is 16.4. The molecule has 4 rings (SSSR count). The number of carbonyl (C=O) groups is 1. The lowest BCUT2D eigenvalue weighted by atomic mass is 10.2. The van der Waals surface area contributed by atoms with Gasteiger partial charge in [-0.3, -0.25) is 4.98 Å². The molecule has 2 aromatic carbocycles. The van der Waals surface area contributed by atoms with Gasteiger partial charge in [-0.2, -0.15) is 0 Å². The number of carbonyl (C=O) groups excluding carboxylic acids is 1. The van der Waals surface area contributed by atoms with Crippen molar-refractivity contribution in [3.8, 4) is 0 Å². The van der Waals surface area contributed by atoms with E-state index in [0.717, 1.165) is 27.8 Å². The molecule has 0 bridgehead atoms. The quantitative estimate of drug-likeness (QED) is 0.383. The molecule has 0 aliphatic carbocycles. The van der Waals surface area contributed by atoms with Crippen LogP contribution in [0.25, 0.3) is 10.9 Å². The zero-order chi connectivity index (χ0) is 24.0. The maximum atomic E-state index is 12.9. The lowest BCUT2D eigenvalue weighted by Gasteiger charge is -2.11. The fraction of sp³-hybridized carbons (Fsp3) is 0.167. The van der Waals surface area contributed by atoms with E-state index in [-0.39, 0.29) is 6.61 Å². The molecule has 0 saturated carbocycles. The minimum atomic E-state index is -2.90. The molecule has 0 radical (unpaired) electrons. The molecule has 0 aliphatic rings. The minimum Gasteiger partial charge on any atom is -0.448 e. The fourth-order valence-electron chi connectivity index (χ4n) is 3.28. The Morgan fingerprint density at radius 3 is 2.76 bits per heavy atom. The van der Waals surface area contributed by atoms with E-state index in [4.69, 9.17) is 4.74 Å². The number of pyridine rings is 1. The van der Waals surface area contributed by atoms with Crippen molar-refractivity contribution in [3.05, 3.63) is 78.9 Å². The van der Waals surface area contributed by atoms with Crippen LogP contribution in [0.4, 0.5) is 22.0 Å². The first-order valence-electron chi connectivity index (χ1n) is 10.6. The number of amides is 1. The molecule has 0 spiro atoms. The van der Waals surface area contributed by atoms with Crippen molar-refractivity contribution in [1.82, 2.24) is 15.0 Å². The summed E-state index contributed by atoms with van der Waals surface area (Å²) < 4.78 is 21.4. The smallest absolute Gasteiger partial charge is 0.442 e. The van der Waals surface area contributed by atoms with Crippen LogP contribution in [0.3, 0.4) is 0 Å². The summed E-state index contributed by atoms with van der Waals surface area (Å²) in [4.78, 5) is 25.0. The number of aromatic nitrogens is 3. The Kier molecular flexibility index (Phi) is 6.98. The van der Waals surface area contributed by atoms with E-state index >= 15 is 0 Å². The Balaban J connectivity index is 1.50. The maximum absolute atomic E-state index is 12.9. The zero-order valence-electron chi connectivity index (χ0n) is 18.8. The number of nitrogens with zero attached hydrogens (tertiary/aromatic N) is 4. The van der Waals surface area contributed by atoms with Gasteiger partial charge in [-0.05, 0) is 55.0 Å². The highest BCUT2D eigenvalue weighted by molar-refractivity contribution is 7.93. The highest BCUT2D eigenvalue weighted by atomic mass is 32.2. The number of hydrogen-bond donors (Lipinski definition) is 2. The van der Waals surface area contributed by atoms with Gasteiger partial charge in [0.25, 0.3) is 0 Å². The maximum Gasteiger partial charge on any atom is 0.442 e. The van der Waals surface area contributed by atoms with E-state index in [2.05, 4.69) is 29.9 Å². The monoisotopic (exact) mass is 476 g/mol. The topological polar surface area (TPSA) is 118 Å². The molecule has 9 nitrogen and oxygen atoms in total. The molecule has 1 atom stereocenters. The number of hydrogen-bond acceptors (Lipinski definition) is 8. The Labute approximate surface area is 197 Å². The summed E-state index contributed by atoms with van der Waals surface area (Å²) in [6, 6.07) is 16.8. The number of rotatable bonds is 7. The Bertz CT molecular complexity index is 1440. The molecule has 2 N–H and O–H groups in total. The van der Waals surface area contributed by atoms with Crippen LogP contribution in [0, 0.1) is 0 Å². The lowest BCUT2D eigenvalue weighted by Crippen LogP contribution is -2.06. The summed E-state index contributed by atoms with van der Waals surface area (Å²) in [6.07, 6.45) is 5.56. The molecule has 4 aromatic rings. The molecule has 34 heavy (non-hydrogen) atoms. The Morgan fingerprint density at radius 2 is 1.97 bits per heavy atom. The van der Waals surface area contributed by atoms with Crippen LogP contribution in [0.5, 0.6) is 0 Å². The lowest BCUT2D eigenvalue weighted by molar-refractivity contribution is 0.164. The van der Waals surface area contributed by atoms with Gasteiger partial charge in [-0.1, -0.05) is 12.1 Å². The van der Waals surface area contributed by atoms with E-state index in [1.165, 1.54) is 12.6 Å². The summed E-state index contributed by atoms with van der Waals surface area (Å²) in [5, 5.41) is 7.50. The average molecular weight is 477 g/mol. The number of benzene rings is 2. The fourth-order valence-corrected chi connectivity index (χ4v) is 4.42. The number of anilines is 3. The summed E-state index contributed by atoms with van der Waals surface area (Å²) in [7, 11) is -2.90. The predicted octanol–water partition coefficient (Wildman–Crippen LogP) is 4.99. The molecule has 2 heterocycles. The summed E-state index contributed by atoms with van der Waals surface area (Å²) in [5.74, 6) is 0.695. The molecule has 174 valence electrons. The second-order valence-corrected chi connectivity index (χ2v) is 9.67. The van der Waals surface area contributed by atoms with Gasteiger partial charge in [0.2, 0.25) is 0 Å². The molecule has 2 aromatic heterocycles. The van der Waals surface area contributed by atoms with Crippen LogP contribution in [0.15, 0.2) is 82.6 Å². The van der Waals surface area contributed by atoms with E-state index in [0.29, 0.717) is 17.3 Å². The van der Waals surface area contributed by atoms with Crippen molar-refractivity contribution in [2.24, 2.45) is 4.36 Å². The number of nitrogens with one attached hydrogen (secondary N) is 2. The Hall–Kier alpha value is -4.05. The second kappa shape index (κ2) is 10.3. The van der Waals surface area contributed by atoms with Crippen molar-refractivity contribution < 1.29 is 13.7 Å². The van der Waals surface area contributed by atoms with Gasteiger partial charge >= 0.3 is 6.09 Å². The molecule has 0 saturated heterocycles. The van der Waals surface area contributed by atoms with E-state index in [1.807, 2.05) is 36.4 Å². The van der Waals surface area contributed by atoms with Gasteiger partial charge in [0.1, 0.15) is 12.1 Å². The summed E-state index contributed by atoms with van der Waals surface area (Å²) in [6.45, 7) is 2.34. The van der Waals surface area contributed by atoms with Crippen LogP contribution < -0.4 is 10.6 Å². The Morgan fingerprint density at radius 1 is 1.09 bits per heavy atom. The van der Waals surface area contributed by atoms with Gasteiger partial charge in [0, 0.05) is 35.0 Å². The summed E-state index contributed by atoms with van der Waals surface area (Å²) in [5.41, 5.74) is 3.39.